The van der Waals surface area contributed by atoms with E-state index in [9.17, 15) is 4.79 Å². The van der Waals surface area contributed by atoms with Gasteiger partial charge in [-0.15, -0.1) is 0 Å². The molecule has 0 saturated carbocycles. The maximum absolute atomic E-state index is 11.3. The zero-order valence-corrected chi connectivity index (χ0v) is 10.3. The smallest absolute Gasteiger partial charge is 0.348 e. The van der Waals surface area contributed by atoms with E-state index in [0.29, 0.717) is 11.5 Å². The number of aromatic amines is 1. The Kier molecular flexibility index (Phi) is 3.74. The van der Waals surface area contributed by atoms with E-state index in [0.717, 1.165) is 5.56 Å². The van der Waals surface area contributed by atoms with Gasteiger partial charge >= 0.3 is 5.97 Å². The second-order valence-corrected chi connectivity index (χ2v) is 3.71. The van der Waals surface area contributed by atoms with E-state index in [-0.39, 0.29) is 5.57 Å². The lowest BCUT2D eigenvalue weighted by atomic mass is 10.2. The van der Waals surface area contributed by atoms with Gasteiger partial charge in [0.25, 0.3) is 0 Å². The fraction of sp³-hybridized carbons (Fsp3) is 0.0714. The van der Waals surface area contributed by atoms with Crippen LogP contribution in [0, 0.1) is 11.3 Å². The molecule has 19 heavy (non-hydrogen) atoms. The van der Waals surface area contributed by atoms with Crippen molar-refractivity contribution >= 4 is 12.0 Å². The van der Waals surface area contributed by atoms with Crippen molar-refractivity contribution in [3.63, 3.8) is 0 Å². The number of ether oxygens (including phenoxy) is 1. The number of nitrogens with one attached hydrogen (secondary N) is 1. The topological polar surface area (TPSA) is 78.8 Å². The Bertz CT molecular complexity index is 651. The van der Waals surface area contributed by atoms with Gasteiger partial charge in [-0.25, -0.2) is 9.78 Å². The zero-order chi connectivity index (χ0) is 13.7. The highest BCUT2D eigenvalue weighted by Gasteiger charge is 2.09. The van der Waals surface area contributed by atoms with Crippen molar-refractivity contribution in [3.8, 4) is 17.5 Å². The number of methoxy groups -OCH3 is 1. The summed E-state index contributed by atoms with van der Waals surface area (Å²) in [5, 5.41) is 8.86. The summed E-state index contributed by atoms with van der Waals surface area (Å²) in [7, 11) is 1.23. The van der Waals surface area contributed by atoms with Crippen LogP contribution in [0.2, 0.25) is 0 Å². The van der Waals surface area contributed by atoms with Gasteiger partial charge in [0.1, 0.15) is 17.5 Å². The lowest BCUT2D eigenvalue weighted by Gasteiger charge is -1.95. The van der Waals surface area contributed by atoms with Crippen LogP contribution in [0.25, 0.3) is 17.5 Å². The molecule has 1 aromatic heterocycles. The van der Waals surface area contributed by atoms with Crippen molar-refractivity contribution in [2.45, 2.75) is 0 Å². The third-order valence-electron chi connectivity index (χ3n) is 2.47. The fourth-order valence-corrected chi connectivity index (χ4v) is 1.55. The second-order valence-electron chi connectivity index (χ2n) is 3.71. The molecule has 0 radical (unpaired) electrons. The third-order valence-corrected chi connectivity index (χ3v) is 2.47. The first-order chi connectivity index (χ1) is 9.24. The number of nitriles is 1. The first kappa shape index (κ1) is 12.6. The number of nitrogens with zero attached hydrogens (tertiary/aromatic N) is 2. The van der Waals surface area contributed by atoms with E-state index in [2.05, 4.69) is 14.7 Å². The van der Waals surface area contributed by atoms with Crippen LogP contribution in [0.5, 0.6) is 0 Å². The minimum absolute atomic E-state index is 0.0780. The molecule has 5 heteroatoms. The summed E-state index contributed by atoms with van der Waals surface area (Å²) >= 11 is 0. The van der Waals surface area contributed by atoms with Gasteiger partial charge in [0, 0.05) is 5.56 Å². The van der Waals surface area contributed by atoms with Gasteiger partial charge in [-0.3, -0.25) is 0 Å². The van der Waals surface area contributed by atoms with Crippen molar-refractivity contribution < 1.29 is 9.53 Å². The van der Waals surface area contributed by atoms with Gasteiger partial charge in [0.2, 0.25) is 0 Å². The van der Waals surface area contributed by atoms with Crippen LogP contribution in [0.3, 0.4) is 0 Å². The van der Waals surface area contributed by atoms with Crippen LogP contribution in [-0.4, -0.2) is 23.0 Å². The number of carbonyl (C=O) groups is 1. The Labute approximate surface area is 110 Å². The predicted octanol–water partition coefficient (Wildman–Crippen LogP) is 2.16. The average Bonchev–Trinajstić information content (AvgIpc) is 2.93. The highest BCUT2D eigenvalue weighted by atomic mass is 16.5. The van der Waals surface area contributed by atoms with Crippen LogP contribution >= 0.6 is 0 Å². The van der Waals surface area contributed by atoms with E-state index >= 15 is 0 Å². The molecule has 2 aromatic rings. The first-order valence-corrected chi connectivity index (χ1v) is 5.55. The Morgan fingerprint density at radius 1 is 1.42 bits per heavy atom. The molecule has 0 unspecified atom stereocenters. The first-order valence-electron chi connectivity index (χ1n) is 5.55. The van der Waals surface area contributed by atoms with Gasteiger partial charge in [-0.2, -0.15) is 5.26 Å². The molecule has 0 aliphatic carbocycles. The molecule has 0 aliphatic heterocycles. The SMILES string of the molecule is COC(=O)C(C#N)=Cc1cnc(-c2ccccc2)[nH]1. The lowest BCUT2D eigenvalue weighted by Crippen LogP contribution is -2.02. The highest BCUT2D eigenvalue weighted by molar-refractivity contribution is 5.97. The second kappa shape index (κ2) is 5.65. The number of rotatable bonds is 3. The van der Waals surface area contributed by atoms with E-state index in [4.69, 9.17) is 5.26 Å². The molecule has 0 fully saturated rings. The number of carbonyl (C=O) groups excluding carboxylic acids is 1. The average molecular weight is 253 g/mol. The minimum atomic E-state index is -0.668. The van der Waals surface area contributed by atoms with E-state index < -0.39 is 5.97 Å². The number of imidazole rings is 1. The summed E-state index contributed by atoms with van der Waals surface area (Å²) in [6, 6.07) is 11.3. The van der Waals surface area contributed by atoms with Crippen LogP contribution < -0.4 is 0 Å². The number of aromatic nitrogens is 2. The molecule has 94 valence electrons. The van der Waals surface area contributed by atoms with Crippen molar-refractivity contribution in [1.29, 1.82) is 5.26 Å². The van der Waals surface area contributed by atoms with Gasteiger partial charge in [0.05, 0.1) is 19.0 Å². The molecule has 2 rings (SSSR count). The van der Waals surface area contributed by atoms with Crippen LogP contribution in [0.4, 0.5) is 0 Å². The van der Waals surface area contributed by atoms with Gasteiger partial charge < -0.3 is 9.72 Å². The third kappa shape index (κ3) is 2.87. The Morgan fingerprint density at radius 2 is 2.16 bits per heavy atom. The number of hydrogen-bond acceptors (Lipinski definition) is 4. The van der Waals surface area contributed by atoms with Crippen molar-refractivity contribution in [2.24, 2.45) is 0 Å². The molecule has 0 aliphatic rings. The molecule has 0 atom stereocenters. The Morgan fingerprint density at radius 3 is 2.79 bits per heavy atom. The molecule has 0 spiro atoms. The van der Waals surface area contributed by atoms with E-state index in [1.165, 1.54) is 13.2 Å². The summed E-state index contributed by atoms with van der Waals surface area (Å²) in [6.07, 6.45) is 2.97. The monoisotopic (exact) mass is 253 g/mol. The standard InChI is InChI=1S/C14H11N3O2/c1-19-14(18)11(8-15)7-12-9-16-13(17-12)10-5-3-2-4-6-10/h2-7,9H,1H3,(H,16,17). The van der Waals surface area contributed by atoms with E-state index in [1.807, 2.05) is 30.3 Å². The van der Waals surface area contributed by atoms with Crippen molar-refractivity contribution in [3.05, 3.63) is 47.8 Å². The highest BCUT2D eigenvalue weighted by Crippen LogP contribution is 2.16. The molecule has 1 heterocycles. The summed E-state index contributed by atoms with van der Waals surface area (Å²) in [5.74, 6) is 0.00682. The molecule has 1 N–H and O–H groups in total. The molecule has 0 saturated heterocycles. The van der Waals surface area contributed by atoms with Gasteiger partial charge in [-0.05, 0) is 6.08 Å². The molecular formula is C14H11N3O2. The quantitative estimate of drug-likeness (QED) is 0.516. The lowest BCUT2D eigenvalue weighted by molar-refractivity contribution is -0.135. The maximum Gasteiger partial charge on any atom is 0.348 e. The molecule has 1 aromatic carbocycles. The Hall–Kier alpha value is -2.87. The number of esters is 1. The number of H-pyrrole nitrogens is 1. The summed E-state index contributed by atoms with van der Waals surface area (Å²) in [5.41, 5.74) is 1.42. The normalized spacial score (nSPS) is 10.8. The molecule has 0 bridgehead atoms. The molecular weight excluding hydrogens is 242 g/mol. The predicted molar refractivity (Wildman–Crippen MR) is 69.6 cm³/mol. The van der Waals surface area contributed by atoms with Gasteiger partial charge in [0.15, 0.2) is 0 Å². The van der Waals surface area contributed by atoms with E-state index in [1.54, 1.807) is 12.3 Å². The largest absolute Gasteiger partial charge is 0.465 e. The number of hydrogen-bond donors (Lipinski definition) is 1. The van der Waals surface area contributed by atoms with Crippen molar-refractivity contribution in [1.82, 2.24) is 9.97 Å². The zero-order valence-electron chi connectivity index (χ0n) is 10.3. The fourth-order valence-electron chi connectivity index (χ4n) is 1.55. The van der Waals surface area contributed by atoms with Crippen LogP contribution in [0.15, 0.2) is 42.1 Å². The van der Waals surface area contributed by atoms with Crippen LogP contribution in [-0.2, 0) is 9.53 Å². The Balaban J connectivity index is 2.30. The minimum Gasteiger partial charge on any atom is -0.465 e. The van der Waals surface area contributed by atoms with Crippen LogP contribution in [0.1, 0.15) is 5.69 Å². The van der Waals surface area contributed by atoms with Gasteiger partial charge in [-0.1, -0.05) is 30.3 Å². The maximum atomic E-state index is 11.3. The summed E-state index contributed by atoms with van der Waals surface area (Å²) < 4.78 is 4.50. The molecule has 0 amide bonds. The molecule has 5 nitrogen and oxygen atoms in total. The number of benzene rings is 1. The summed E-state index contributed by atoms with van der Waals surface area (Å²) in [6.45, 7) is 0. The summed E-state index contributed by atoms with van der Waals surface area (Å²) in [4.78, 5) is 18.5. The van der Waals surface area contributed by atoms with Crippen molar-refractivity contribution in [2.75, 3.05) is 7.11 Å².